The molecule has 6 rings (SSSR count). The molecule has 1 fully saturated rings. The van der Waals surface area contributed by atoms with Crippen LogP contribution in [0.15, 0.2) is 73.1 Å². The van der Waals surface area contributed by atoms with E-state index in [2.05, 4.69) is 20.6 Å². The number of imidazole rings is 1. The van der Waals surface area contributed by atoms with Gasteiger partial charge in [0.1, 0.15) is 6.04 Å². The molecule has 0 radical (unpaired) electrons. The van der Waals surface area contributed by atoms with Gasteiger partial charge in [-0.25, -0.2) is 9.78 Å². The highest BCUT2D eigenvalue weighted by Crippen LogP contribution is 2.43. The zero-order valence-electron chi connectivity index (χ0n) is 20.2. The standard InChI is InChI=1S/C28H24ClN5O4/c29-19-7-9-21-20(14-19)28(38-27(37)33-21)10-11-34(15-28)26(36)24(12-17-4-2-1-3-5-17)32-25(35)18-6-8-22-23(13-18)31-16-30-22/h1-9,13-14,16,24H,10-12,15H2,(H,30,31)(H,32,35)(H,33,37)/t24-,28?/m0/s1. The number of halogens is 1. The van der Waals surface area contributed by atoms with Crippen molar-refractivity contribution in [1.82, 2.24) is 20.2 Å². The quantitative estimate of drug-likeness (QED) is 0.357. The fourth-order valence-electron chi connectivity index (χ4n) is 5.23. The van der Waals surface area contributed by atoms with Crippen LogP contribution in [-0.4, -0.2) is 51.9 Å². The van der Waals surface area contributed by atoms with E-state index in [1.165, 1.54) is 0 Å². The molecule has 0 bridgehead atoms. The zero-order chi connectivity index (χ0) is 26.3. The third-order valence-electron chi connectivity index (χ3n) is 7.11. The molecule has 10 heteroatoms. The minimum Gasteiger partial charge on any atom is -0.436 e. The summed E-state index contributed by atoms with van der Waals surface area (Å²) in [4.78, 5) is 48.4. The largest absolute Gasteiger partial charge is 0.436 e. The van der Waals surface area contributed by atoms with Crippen LogP contribution < -0.4 is 10.6 Å². The van der Waals surface area contributed by atoms with E-state index >= 15 is 0 Å². The van der Waals surface area contributed by atoms with Crippen LogP contribution in [0.1, 0.15) is 27.9 Å². The molecule has 3 aromatic carbocycles. The summed E-state index contributed by atoms with van der Waals surface area (Å²) < 4.78 is 5.78. The van der Waals surface area contributed by atoms with Gasteiger partial charge in [-0.1, -0.05) is 41.9 Å². The highest BCUT2D eigenvalue weighted by atomic mass is 35.5. The SMILES string of the molecule is O=C1Nc2ccc(Cl)cc2C2(CCN(C(=O)[C@H](Cc3ccccc3)NC(=O)c3ccc4nc[nH]c4c3)C2)O1. The summed E-state index contributed by atoms with van der Waals surface area (Å²) in [6.45, 7) is 0.521. The second-order valence-corrected chi connectivity index (χ2v) is 10.00. The first kappa shape index (κ1) is 24.0. The highest BCUT2D eigenvalue weighted by molar-refractivity contribution is 6.30. The number of fused-ring (bicyclic) bond motifs is 3. The molecular weight excluding hydrogens is 506 g/mol. The van der Waals surface area contributed by atoms with Crippen molar-refractivity contribution >= 4 is 46.2 Å². The Morgan fingerprint density at radius 3 is 2.82 bits per heavy atom. The van der Waals surface area contributed by atoms with E-state index in [4.69, 9.17) is 16.3 Å². The van der Waals surface area contributed by atoms with Crippen LogP contribution in [0.5, 0.6) is 0 Å². The first-order valence-corrected chi connectivity index (χ1v) is 12.6. The molecule has 3 heterocycles. The second kappa shape index (κ2) is 9.50. The summed E-state index contributed by atoms with van der Waals surface area (Å²) >= 11 is 6.26. The minimum absolute atomic E-state index is 0.161. The highest BCUT2D eigenvalue weighted by Gasteiger charge is 2.49. The van der Waals surface area contributed by atoms with Crippen LogP contribution in [-0.2, 0) is 21.6 Å². The topological polar surface area (TPSA) is 116 Å². The first-order chi connectivity index (χ1) is 18.4. The lowest BCUT2D eigenvalue weighted by Crippen LogP contribution is -2.50. The Morgan fingerprint density at radius 1 is 1.13 bits per heavy atom. The molecule has 3 N–H and O–H groups in total. The number of H-pyrrole nitrogens is 1. The van der Waals surface area contributed by atoms with E-state index < -0.39 is 17.7 Å². The molecule has 1 spiro atoms. The van der Waals surface area contributed by atoms with Crippen LogP contribution in [0.4, 0.5) is 10.5 Å². The molecule has 1 unspecified atom stereocenters. The van der Waals surface area contributed by atoms with Gasteiger partial charge in [-0.2, -0.15) is 0 Å². The minimum atomic E-state index is -1.01. The van der Waals surface area contributed by atoms with Crippen LogP contribution in [0.25, 0.3) is 11.0 Å². The van der Waals surface area contributed by atoms with Gasteiger partial charge in [0, 0.05) is 35.5 Å². The summed E-state index contributed by atoms with van der Waals surface area (Å²) in [6, 6.07) is 19.0. The zero-order valence-corrected chi connectivity index (χ0v) is 21.0. The number of likely N-dealkylation sites (tertiary alicyclic amines) is 1. The maximum absolute atomic E-state index is 13.9. The Hall–Kier alpha value is -4.37. The van der Waals surface area contributed by atoms with Gasteiger partial charge in [0.2, 0.25) is 5.91 Å². The molecule has 9 nitrogen and oxygen atoms in total. The summed E-state index contributed by atoms with van der Waals surface area (Å²) in [5, 5.41) is 6.15. The van der Waals surface area contributed by atoms with Crippen LogP contribution in [0.3, 0.4) is 0 Å². The number of aromatic nitrogens is 2. The van der Waals surface area contributed by atoms with Crippen molar-refractivity contribution in [1.29, 1.82) is 0 Å². The van der Waals surface area contributed by atoms with Crippen molar-refractivity contribution in [2.75, 3.05) is 18.4 Å². The molecule has 3 amide bonds. The van der Waals surface area contributed by atoms with E-state index in [0.717, 1.165) is 22.2 Å². The van der Waals surface area contributed by atoms with Gasteiger partial charge < -0.3 is 19.9 Å². The smallest absolute Gasteiger partial charge is 0.412 e. The number of ether oxygens (including phenoxy) is 1. The number of amides is 3. The van der Waals surface area contributed by atoms with Gasteiger partial charge in [0.15, 0.2) is 5.60 Å². The lowest BCUT2D eigenvalue weighted by molar-refractivity contribution is -0.133. The first-order valence-electron chi connectivity index (χ1n) is 12.3. The Bertz CT molecular complexity index is 1560. The van der Waals surface area contributed by atoms with Crippen molar-refractivity contribution < 1.29 is 19.1 Å². The van der Waals surface area contributed by atoms with Gasteiger partial charge in [0.05, 0.1) is 29.6 Å². The van der Waals surface area contributed by atoms with E-state index in [1.54, 1.807) is 47.6 Å². The van der Waals surface area contributed by atoms with E-state index in [1.807, 2.05) is 30.3 Å². The van der Waals surface area contributed by atoms with Crippen molar-refractivity contribution in [3.05, 3.63) is 94.8 Å². The second-order valence-electron chi connectivity index (χ2n) is 9.56. The van der Waals surface area contributed by atoms with Crippen molar-refractivity contribution in [3.63, 3.8) is 0 Å². The number of aromatic amines is 1. The molecule has 4 aromatic rings. The molecule has 192 valence electrons. The predicted molar refractivity (Wildman–Crippen MR) is 142 cm³/mol. The van der Waals surface area contributed by atoms with Gasteiger partial charge in [0.25, 0.3) is 5.91 Å². The summed E-state index contributed by atoms with van der Waals surface area (Å²) in [5.41, 5.74) is 3.15. The van der Waals surface area contributed by atoms with Crippen molar-refractivity contribution in [2.24, 2.45) is 0 Å². The lowest BCUT2D eigenvalue weighted by Gasteiger charge is -2.35. The van der Waals surface area contributed by atoms with Gasteiger partial charge in [-0.15, -0.1) is 0 Å². The average molecular weight is 530 g/mol. The van der Waals surface area contributed by atoms with Gasteiger partial charge >= 0.3 is 6.09 Å². The number of carbonyl (C=O) groups is 3. The maximum Gasteiger partial charge on any atom is 0.412 e. The number of rotatable bonds is 5. The molecule has 38 heavy (non-hydrogen) atoms. The van der Waals surface area contributed by atoms with E-state index in [0.29, 0.717) is 35.7 Å². The maximum atomic E-state index is 13.9. The number of anilines is 1. The van der Waals surface area contributed by atoms with Crippen LogP contribution >= 0.6 is 11.6 Å². The molecular formula is C28H24ClN5O4. The Labute approximate surface area is 223 Å². The predicted octanol–water partition coefficient (Wildman–Crippen LogP) is 4.25. The average Bonchev–Trinajstić information content (AvgIpc) is 3.56. The number of hydrogen-bond donors (Lipinski definition) is 3. The number of nitrogens with zero attached hydrogens (tertiary/aromatic N) is 2. The normalized spacial score (nSPS) is 19.1. The lowest BCUT2D eigenvalue weighted by atomic mass is 9.90. The van der Waals surface area contributed by atoms with E-state index in [9.17, 15) is 14.4 Å². The monoisotopic (exact) mass is 529 g/mol. The number of carbonyl (C=O) groups excluding carboxylic acids is 3. The third kappa shape index (κ3) is 4.45. The third-order valence-corrected chi connectivity index (χ3v) is 7.34. The van der Waals surface area contributed by atoms with Crippen molar-refractivity contribution in [2.45, 2.75) is 24.5 Å². The molecule has 2 aliphatic heterocycles. The van der Waals surface area contributed by atoms with Crippen LogP contribution in [0.2, 0.25) is 5.02 Å². The van der Waals surface area contributed by atoms with Gasteiger partial charge in [-0.05, 0) is 42.0 Å². The molecule has 1 saturated heterocycles. The Kier molecular flexibility index (Phi) is 6.00. The number of benzene rings is 3. The van der Waals surface area contributed by atoms with E-state index in [-0.39, 0.29) is 18.4 Å². The Balaban J connectivity index is 1.27. The number of nitrogens with one attached hydrogen (secondary N) is 3. The summed E-state index contributed by atoms with van der Waals surface area (Å²) in [5.74, 6) is -0.616. The molecule has 2 atom stereocenters. The van der Waals surface area contributed by atoms with Crippen molar-refractivity contribution in [3.8, 4) is 0 Å². The molecule has 2 aliphatic rings. The summed E-state index contributed by atoms with van der Waals surface area (Å²) in [7, 11) is 0. The molecule has 0 aliphatic carbocycles. The van der Waals surface area contributed by atoms with Gasteiger partial charge in [-0.3, -0.25) is 14.9 Å². The Morgan fingerprint density at radius 2 is 1.97 bits per heavy atom. The molecule has 1 aromatic heterocycles. The summed E-state index contributed by atoms with van der Waals surface area (Å²) in [6.07, 6.45) is 1.72. The number of hydrogen-bond acceptors (Lipinski definition) is 5. The van der Waals surface area contributed by atoms with Crippen LogP contribution in [0, 0.1) is 0 Å². The fourth-order valence-corrected chi connectivity index (χ4v) is 5.40. The fraction of sp³-hybridized carbons (Fsp3) is 0.214. The molecule has 0 saturated carbocycles.